The van der Waals surface area contributed by atoms with Gasteiger partial charge in [0, 0.05) is 18.5 Å². The number of benzene rings is 1. The number of nitrogens with zero attached hydrogens (tertiary/aromatic N) is 3. The van der Waals surface area contributed by atoms with E-state index in [9.17, 15) is 4.79 Å². The van der Waals surface area contributed by atoms with E-state index in [1.807, 2.05) is 12.1 Å². The van der Waals surface area contributed by atoms with E-state index in [0.29, 0.717) is 30.2 Å². The van der Waals surface area contributed by atoms with Gasteiger partial charge in [0.25, 0.3) is 0 Å². The predicted molar refractivity (Wildman–Crippen MR) is 108 cm³/mol. The summed E-state index contributed by atoms with van der Waals surface area (Å²) in [5, 5.41) is 12.8. The van der Waals surface area contributed by atoms with Crippen molar-refractivity contribution >= 4 is 17.7 Å². The van der Waals surface area contributed by atoms with Gasteiger partial charge in [-0.1, -0.05) is 61.0 Å². The highest BCUT2D eigenvalue weighted by Gasteiger charge is 2.43. The first-order valence-electron chi connectivity index (χ1n) is 9.77. The second-order valence-electron chi connectivity index (χ2n) is 7.44. The van der Waals surface area contributed by atoms with Crippen LogP contribution in [0.1, 0.15) is 55.3 Å². The molecule has 2 saturated carbocycles. The number of amides is 1. The minimum absolute atomic E-state index is 0.0928. The van der Waals surface area contributed by atoms with Gasteiger partial charge in [-0.05, 0) is 30.7 Å². The molecular formula is C21H26N4OS. The Morgan fingerprint density at radius 1 is 1.22 bits per heavy atom. The molecule has 1 amide bonds. The number of hydrogen-bond donors (Lipinski definition) is 1. The maximum Gasteiger partial charge on any atom is 0.230 e. The second kappa shape index (κ2) is 8.30. The van der Waals surface area contributed by atoms with Crippen molar-refractivity contribution in [1.82, 2.24) is 20.1 Å². The van der Waals surface area contributed by atoms with E-state index < -0.39 is 0 Å². The maximum absolute atomic E-state index is 12.2. The lowest BCUT2D eigenvalue weighted by molar-refractivity contribution is -0.119. The molecule has 0 bridgehead atoms. The van der Waals surface area contributed by atoms with Crippen LogP contribution in [-0.2, 0) is 11.3 Å². The quantitative estimate of drug-likeness (QED) is 0.556. The predicted octanol–water partition coefficient (Wildman–Crippen LogP) is 3.89. The third-order valence-corrected chi connectivity index (χ3v) is 6.43. The Bertz CT molecular complexity index is 798. The van der Waals surface area contributed by atoms with Crippen molar-refractivity contribution in [1.29, 1.82) is 0 Å². The Balaban J connectivity index is 1.40. The summed E-state index contributed by atoms with van der Waals surface area (Å²) in [4.78, 5) is 12.2. The molecule has 1 heterocycles. The lowest BCUT2D eigenvalue weighted by Crippen LogP contribution is -2.33. The molecule has 0 spiro atoms. The van der Waals surface area contributed by atoms with Crippen LogP contribution < -0.4 is 5.32 Å². The first-order valence-corrected chi connectivity index (χ1v) is 10.8. The number of thioether (sulfide) groups is 1. The molecule has 2 unspecified atom stereocenters. The fourth-order valence-corrected chi connectivity index (χ4v) is 4.77. The van der Waals surface area contributed by atoms with Gasteiger partial charge in [-0.2, -0.15) is 0 Å². The molecule has 142 valence electrons. The van der Waals surface area contributed by atoms with Crippen molar-refractivity contribution in [2.24, 2.45) is 0 Å². The van der Waals surface area contributed by atoms with Crippen LogP contribution in [0.25, 0.3) is 0 Å². The molecule has 2 fully saturated rings. The molecule has 1 N–H and O–H groups in total. The van der Waals surface area contributed by atoms with Gasteiger partial charge in [0.15, 0.2) is 5.16 Å². The number of allylic oxidation sites excluding steroid dienone is 1. The average molecular weight is 383 g/mol. The second-order valence-corrected chi connectivity index (χ2v) is 8.38. The number of carbonyl (C=O) groups excluding carboxylic acids is 1. The zero-order valence-electron chi connectivity index (χ0n) is 15.5. The summed E-state index contributed by atoms with van der Waals surface area (Å²) < 4.78 is 2.12. The van der Waals surface area contributed by atoms with Crippen LogP contribution in [0.5, 0.6) is 0 Å². The summed E-state index contributed by atoms with van der Waals surface area (Å²) in [7, 11) is 0. The number of nitrogens with one attached hydrogen (secondary N) is 1. The SMILES string of the molecule is C=CCn1c(SCC(=O)NC2CCCC2)nnc1C1CC1c1ccccc1. The summed E-state index contributed by atoms with van der Waals surface area (Å²) in [6.45, 7) is 4.55. The lowest BCUT2D eigenvalue weighted by Gasteiger charge is -2.12. The monoisotopic (exact) mass is 382 g/mol. The molecule has 2 aromatic rings. The molecule has 6 heteroatoms. The molecule has 1 aromatic heterocycles. The molecular weight excluding hydrogens is 356 g/mol. The third-order valence-electron chi connectivity index (χ3n) is 5.46. The Labute approximate surface area is 164 Å². The summed E-state index contributed by atoms with van der Waals surface area (Å²) in [6, 6.07) is 10.9. The number of aromatic nitrogens is 3. The molecule has 4 rings (SSSR count). The highest BCUT2D eigenvalue weighted by molar-refractivity contribution is 7.99. The van der Waals surface area contributed by atoms with Gasteiger partial charge in [-0.25, -0.2) is 0 Å². The Morgan fingerprint density at radius 3 is 2.74 bits per heavy atom. The molecule has 2 aliphatic rings. The molecule has 0 radical (unpaired) electrons. The highest BCUT2D eigenvalue weighted by Crippen LogP contribution is 2.54. The van der Waals surface area contributed by atoms with Crippen molar-refractivity contribution in [3.63, 3.8) is 0 Å². The van der Waals surface area contributed by atoms with Crippen molar-refractivity contribution in [3.8, 4) is 0 Å². The van der Waals surface area contributed by atoms with Crippen LogP contribution in [0, 0.1) is 0 Å². The fraction of sp³-hybridized carbons (Fsp3) is 0.476. The van der Waals surface area contributed by atoms with Crippen molar-refractivity contribution in [2.75, 3.05) is 5.75 Å². The molecule has 5 nitrogen and oxygen atoms in total. The normalized spacial score (nSPS) is 21.9. The van der Waals surface area contributed by atoms with E-state index in [1.165, 1.54) is 30.2 Å². The van der Waals surface area contributed by atoms with E-state index in [-0.39, 0.29) is 5.91 Å². The minimum atomic E-state index is 0.0928. The third kappa shape index (κ3) is 4.26. The Morgan fingerprint density at radius 2 is 2.00 bits per heavy atom. The smallest absolute Gasteiger partial charge is 0.230 e. The van der Waals surface area contributed by atoms with Crippen LogP contribution in [-0.4, -0.2) is 32.5 Å². The molecule has 1 aromatic carbocycles. The fourth-order valence-electron chi connectivity index (χ4n) is 4.00. The van der Waals surface area contributed by atoms with Gasteiger partial charge < -0.3 is 9.88 Å². The van der Waals surface area contributed by atoms with Gasteiger partial charge in [0.05, 0.1) is 5.75 Å². The number of carbonyl (C=O) groups is 1. The van der Waals surface area contributed by atoms with E-state index in [2.05, 4.69) is 50.9 Å². The van der Waals surface area contributed by atoms with Crippen LogP contribution in [0.2, 0.25) is 0 Å². The first kappa shape index (κ1) is 18.3. The molecule has 2 aliphatic carbocycles. The van der Waals surface area contributed by atoms with Gasteiger partial charge >= 0.3 is 0 Å². The zero-order chi connectivity index (χ0) is 18.6. The maximum atomic E-state index is 12.2. The Hall–Kier alpha value is -2.08. The van der Waals surface area contributed by atoms with E-state index in [1.54, 1.807) is 0 Å². The standard InChI is InChI=1S/C21H26N4OS/c1-2-12-25-20(18-13-17(18)15-8-4-3-5-9-15)23-24-21(25)27-14-19(26)22-16-10-6-7-11-16/h2-5,8-9,16-18H,1,6-7,10-14H2,(H,22,26). The van der Waals surface area contributed by atoms with Gasteiger partial charge in [0.2, 0.25) is 5.91 Å². The largest absolute Gasteiger partial charge is 0.353 e. The van der Waals surface area contributed by atoms with Crippen molar-refractivity contribution in [3.05, 3.63) is 54.4 Å². The van der Waals surface area contributed by atoms with Crippen LogP contribution in [0.15, 0.2) is 48.1 Å². The van der Waals surface area contributed by atoms with E-state index >= 15 is 0 Å². The van der Waals surface area contributed by atoms with Gasteiger partial charge in [-0.3, -0.25) is 4.79 Å². The first-order chi connectivity index (χ1) is 13.3. The Kier molecular flexibility index (Phi) is 5.62. The van der Waals surface area contributed by atoms with Crippen LogP contribution in [0.3, 0.4) is 0 Å². The minimum Gasteiger partial charge on any atom is -0.353 e. The molecule has 0 aliphatic heterocycles. The number of rotatable bonds is 8. The highest BCUT2D eigenvalue weighted by atomic mass is 32.2. The zero-order valence-corrected chi connectivity index (χ0v) is 16.3. The average Bonchev–Trinajstić information content (AvgIpc) is 3.11. The summed E-state index contributed by atoms with van der Waals surface area (Å²) in [5.74, 6) is 2.42. The van der Waals surface area contributed by atoms with Crippen molar-refractivity contribution in [2.45, 2.75) is 61.7 Å². The summed E-state index contributed by atoms with van der Waals surface area (Å²) in [5.41, 5.74) is 1.36. The van der Waals surface area contributed by atoms with E-state index in [0.717, 1.165) is 30.2 Å². The van der Waals surface area contributed by atoms with Crippen LogP contribution >= 0.6 is 11.8 Å². The number of hydrogen-bond acceptors (Lipinski definition) is 4. The van der Waals surface area contributed by atoms with E-state index in [4.69, 9.17) is 0 Å². The van der Waals surface area contributed by atoms with Gasteiger partial charge in [0.1, 0.15) is 5.82 Å². The van der Waals surface area contributed by atoms with Crippen molar-refractivity contribution < 1.29 is 4.79 Å². The lowest BCUT2D eigenvalue weighted by atomic mass is 10.1. The molecule has 27 heavy (non-hydrogen) atoms. The van der Waals surface area contributed by atoms with Crippen LogP contribution in [0.4, 0.5) is 0 Å². The molecule has 2 atom stereocenters. The topological polar surface area (TPSA) is 59.8 Å². The summed E-state index contributed by atoms with van der Waals surface area (Å²) in [6.07, 6.45) is 7.63. The molecule has 0 saturated heterocycles. The summed E-state index contributed by atoms with van der Waals surface area (Å²) >= 11 is 1.47. The van der Waals surface area contributed by atoms with Gasteiger partial charge in [-0.15, -0.1) is 16.8 Å².